The SMILES string of the molecule is C=C(C)C(=O)OCCOc1cc(CCc2ccc(CCCCC)cc2)ccc1-c1ccc(OCCC(C)(CO)CO)c(CCOC(=O)C(=C)C)c1. The average Bonchev–Trinajstić information content (AvgIpc) is 3.13. The number of rotatable bonds is 23. The largest absolute Gasteiger partial charge is 0.493 e. The van der Waals surface area contributed by atoms with Crippen molar-refractivity contribution in [2.45, 2.75) is 79.1 Å². The molecule has 0 aliphatic heterocycles. The van der Waals surface area contributed by atoms with Crippen molar-refractivity contribution in [2.75, 3.05) is 39.6 Å². The van der Waals surface area contributed by atoms with Crippen LogP contribution in [0.5, 0.6) is 11.5 Å². The second kappa shape index (κ2) is 21.1. The normalized spacial score (nSPS) is 11.2. The third-order valence-corrected chi connectivity index (χ3v) is 8.81. The minimum Gasteiger partial charge on any atom is -0.493 e. The minimum absolute atomic E-state index is 0.0761. The molecule has 8 heteroatoms. The Balaban J connectivity index is 1.86. The Hall–Kier alpha value is -4.40. The molecular weight excluding hydrogens is 644 g/mol. The summed E-state index contributed by atoms with van der Waals surface area (Å²) in [6.07, 6.45) is 7.34. The number of carbonyl (C=O) groups excluding carboxylic acids is 2. The molecule has 0 unspecified atom stereocenters. The summed E-state index contributed by atoms with van der Waals surface area (Å²) in [5, 5.41) is 19.4. The molecule has 3 aromatic rings. The van der Waals surface area contributed by atoms with Crippen LogP contribution in [0.3, 0.4) is 0 Å². The van der Waals surface area contributed by atoms with Gasteiger partial charge in [-0.15, -0.1) is 0 Å². The first-order chi connectivity index (χ1) is 24.5. The Bertz CT molecular complexity index is 1590. The van der Waals surface area contributed by atoms with Crippen LogP contribution in [0.15, 0.2) is 85.0 Å². The van der Waals surface area contributed by atoms with Crippen LogP contribution in [-0.2, 0) is 44.7 Å². The number of aliphatic hydroxyl groups excluding tert-OH is 2. The first-order valence-corrected chi connectivity index (χ1v) is 17.9. The van der Waals surface area contributed by atoms with Crippen LogP contribution in [0.1, 0.15) is 75.6 Å². The van der Waals surface area contributed by atoms with Gasteiger partial charge in [0.15, 0.2) is 0 Å². The maximum Gasteiger partial charge on any atom is 0.333 e. The molecule has 0 amide bonds. The van der Waals surface area contributed by atoms with E-state index in [2.05, 4.69) is 50.4 Å². The van der Waals surface area contributed by atoms with Gasteiger partial charge in [0.05, 0.1) is 26.4 Å². The molecule has 3 aromatic carbocycles. The first kappa shape index (κ1) is 41.0. The van der Waals surface area contributed by atoms with Gasteiger partial charge in [0.25, 0.3) is 0 Å². The maximum absolute atomic E-state index is 12.1. The van der Waals surface area contributed by atoms with Crippen LogP contribution < -0.4 is 9.47 Å². The summed E-state index contributed by atoms with van der Waals surface area (Å²) >= 11 is 0. The van der Waals surface area contributed by atoms with E-state index in [1.165, 1.54) is 30.4 Å². The Kier molecular flexibility index (Phi) is 17.0. The van der Waals surface area contributed by atoms with E-state index in [1.807, 2.05) is 30.3 Å². The van der Waals surface area contributed by atoms with Crippen LogP contribution in [0.25, 0.3) is 11.1 Å². The molecule has 0 bridgehead atoms. The zero-order valence-corrected chi connectivity index (χ0v) is 30.9. The van der Waals surface area contributed by atoms with Crippen LogP contribution in [0.4, 0.5) is 0 Å². The van der Waals surface area contributed by atoms with Crippen molar-refractivity contribution in [3.8, 4) is 22.6 Å². The summed E-state index contributed by atoms with van der Waals surface area (Å²) < 4.78 is 23.1. The molecule has 0 aromatic heterocycles. The van der Waals surface area contributed by atoms with Gasteiger partial charge in [0, 0.05) is 28.5 Å². The summed E-state index contributed by atoms with van der Waals surface area (Å²) in [6, 6.07) is 20.9. The molecule has 8 nitrogen and oxygen atoms in total. The smallest absolute Gasteiger partial charge is 0.333 e. The predicted molar refractivity (Wildman–Crippen MR) is 202 cm³/mol. The lowest BCUT2D eigenvalue weighted by atomic mass is 9.89. The molecule has 3 rings (SSSR count). The van der Waals surface area contributed by atoms with Gasteiger partial charge < -0.3 is 29.2 Å². The van der Waals surface area contributed by atoms with Crippen LogP contribution in [-0.4, -0.2) is 61.8 Å². The molecule has 0 radical (unpaired) electrons. The standard InChI is InChI=1S/C43H56O8/c1-7-8-9-10-33-11-13-34(14-12-33)15-16-35-17-19-38(40(27-35)49-25-26-51-42(47)32(4)5)36-18-20-39(48-24-22-43(6,29-44)30-45)37(28-36)21-23-50-41(46)31(2)3/h11-14,17-20,27-28,44-45H,2,4,7-10,15-16,21-26,29-30H2,1,3,5-6H3. The highest BCUT2D eigenvalue weighted by atomic mass is 16.6. The first-order valence-electron chi connectivity index (χ1n) is 17.9. The molecular formula is C43H56O8. The molecule has 0 aliphatic rings. The van der Waals surface area contributed by atoms with E-state index in [4.69, 9.17) is 18.9 Å². The minimum atomic E-state index is -0.665. The molecule has 2 N–H and O–H groups in total. The third-order valence-electron chi connectivity index (χ3n) is 8.81. The van der Waals surface area contributed by atoms with Crippen molar-refractivity contribution >= 4 is 11.9 Å². The van der Waals surface area contributed by atoms with Gasteiger partial charge in [-0.05, 0) is 92.0 Å². The fourth-order valence-corrected chi connectivity index (χ4v) is 5.31. The van der Waals surface area contributed by atoms with Gasteiger partial charge in [0.2, 0.25) is 0 Å². The molecule has 0 fully saturated rings. The molecule has 0 saturated carbocycles. The second-order valence-electron chi connectivity index (χ2n) is 13.6. The van der Waals surface area contributed by atoms with Gasteiger partial charge in [-0.25, -0.2) is 9.59 Å². The third kappa shape index (κ3) is 13.7. The highest BCUT2D eigenvalue weighted by Crippen LogP contribution is 2.35. The summed E-state index contributed by atoms with van der Waals surface area (Å²) in [5.41, 5.74) is 6.29. The van der Waals surface area contributed by atoms with E-state index in [9.17, 15) is 19.8 Å². The van der Waals surface area contributed by atoms with Crippen molar-refractivity contribution in [3.63, 3.8) is 0 Å². The number of aliphatic hydroxyl groups is 2. The second-order valence-corrected chi connectivity index (χ2v) is 13.6. The lowest BCUT2D eigenvalue weighted by molar-refractivity contribution is -0.140. The highest BCUT2D eigenvalue weighted by molar-refractivity contribution is 5.87. The number of hydrogen-bond acceptors (Lipinski definition) is 8. The molecule has 0 saturated heterocycles. The summed E-state index contributed by atoms with van der Waals surface area (Å²) in [7, 11) is 0. The average molecular weight is 701 g/mol. The van der Waals surface area contributed by atoms with Crippen molar-refractivity contribution < 1.29 is 38.7 Å². The number of carbonyl (C=O) groups is 2. The van der Waals surface area contributed by atoms with Crippen molar-refractivity contribution in [2.24, 2.45) is 5.41 Å². The number of aryl methyl sites for hydroxylation is 3. The van der Waals surface area contributed by atoms with Crippen LogP contribution in [0.2, 0.25) is 0 Å². The van der Waals surface area contributed by atoms with Crippen LogP contribution >= 0.6 is 0 Å². The summed E-state index contributed by atoms with van der Waals surface area (Å²) in [5.74, 6) is 0.345. The zero-order valence-electron chi connectivity index (χ0n) is 30.9. The van der Waals surface area contributed by atoms with Gasteiger partial charge in [0.1, 0.15) is 24.7 Å². The molecule has 276 valence electrons. The Morgan fingerprint density at radius 2 is 1.25 bits per heavy atom. The van der Waals surface area contributed by atoms with E-state index in [1.54, 1.807) is 20.8 Å². The number of unbranched alkanes of at least 4 members (excludes halogenated alkanes) is 2. The summed E-state index contributed by atoms with van der Waals surface area (Å²) in [6.45, 7) is 14.9. The Morgan fingerprint density at radius 1 is 0.667 bits per heavy atom. The fraction of sp³-hybridized carbons (Fsp3) is 0.442. The van der Waals surface area contributed by atoms with E-state index >= 15 is 0 Å². The van der Waals surface area contributed by atoms with E-state index in [-0.39, 0.29) is 39.6 Å². The number of hydrogen-bond donors (Lipinski definition) is 2. The van der Waals surface area contributed by atoms with Crippen molar-refractivity contribution in [1.82, 2.24) is 0 Å². The van der Waals surface area contributed by atoms with Gasteiger partial charge in [-0.3, -0.25) is 0 Å². The molecule has 0 aliphatic carbocycles. The number of esters is 2. The lowest BCUT2D eigenvalue weighted by Gasteiger charge is -2.24. The molecule has 51 heavy (non-hydrogen) atoms. The monoisotopic (exact) mass is 700 g/mol. The fourth-order valence-electron chi connectivity index (χ4n) is 5.31. The quantitative estimate of drug-likeness (QED) is 0.0586. The van der Waals surface area contributed by atoms with E-state index in [0.717, 1.165) is 41.5 Å². The van der Waals surface area contributed by atoms with E-state index < -0.39 is 17.4 Å². The number of ether oxygens (including phenoxy) is 4. The van der Waals surface area contributed by atoms with Gasteiger partial charge in [-0.1, -0.05) is 82.3 Å². The van der Waals surface area contributed by atoms with Crippen molar-refractivity contribution in [1.29, 1.82) is 0 Å². The Labute approximate surface area is 304 Å². The van der Waals surface area contributed by atoms with Crippen LogP contribution in [0, 0.1) is 5.41 Å². The summed E-state index contributed by atoms with van der Waals surface area (Å²) in [4.78, 5) is 24.0. The van der Waals surface area contributed by atoms with Crippen molar-refractivity contribution in [3.05, 3.63) is 107 Å². The van der Waals surface area contributed by atoms with E-state index in [0.29, 0.717) is 35.5 Å². The number of benzene rings is 3. The highest BCUT2D eigenvalue weighted by Gasteiger charge is 2.23. The molecule has 0 spiro atoms. The zero-order chi connectivity index (χ0) is 37.2. The predicted octanol–water partition coefficient (Wildman–Crippen LogP) is 7.79. The van der Waals surface area contributed by atoms with Gasteiger partial charge in [-0.2, -0.15) is 0 Å². The Morgan fingerprint density at radius 3 is 1.88 bits per heavy atom. The lowest BCUT2D eigenvalue weighted by Crippen LogP contribution is -2.28. The topological polar surface area (TPSA) is 112 Å². The maximum atomic E-state index is 12.1. The van der Waals surface area contributed by atoms with Gasteiger partial charge >= 0.3 is 11.9 Å². The molecule has 0 atom stereocenters. The molecule has 0 heterocycles.